The zero-order valence-electron chi connectivity index (χ0n) is 10.8. The Morgan fingerprint density at radius 1 is 1.22 bits per heavy atom. The van der Waals surface area contributed by atoms with Crippen LogP contribution < -0.4 is 0 Å². The summed E-state index contributed by atoms with van der Waals surface area (Å²) in [5.74, 6) is -0.812. The fraction of sp³-hybridized carbons (Fsp3) is 0.429. The quantitative estimate of drug-likeness (QED) is 0.842. The van der Waals surface area contributed by atoms with Crippen molar-refractivity contribution in [3.05, 3.63) is 35.4 Å². The SMILES string of the molecule is CCCCC(=O)N(C)Cc1ccc(C(=O)O)cc1. The van der Waals surface area contributed by atoms with E-state index in [1.54, 1.807) is 36.2 Å². The Bertz CT molecular complexity index is 412. The molecule has 1 N–H and O–H groups in total. The molecule has 0 saturated heterocycles. The molecule has 0 fully saturated rings. The fourth-order valence-electron chi connectivity index (χ4n) is 1.63. The summed E-state index contributed by atoms with van der Waals surface area (Å²) in [4.78, 5) is 24.1. The van der Waals surface area contributed by atoms with Gasteiger partial charge in [0.15, 0.2) is 0 Å². The first-order valence-electron chi connectivity index (χ1n) is 6.10. The lowest BCUT2D eigenvalue weighted by molar-refractivity contribution is -0.130. The highest BCUT2D eigenvalue weighted by molar-refractivity contribution is 5.87. The van der Waals surface area contributed by atoms with E-state index in [0.29, 0.717) is 13.0 Å². The van der Waals surface area contributed by atoms with Crippen molar-refractivity contribution in [2.45, 2.75) is 32.7 Å². The van der Waals surface area contributed by atoms with Crippen LogP contribution in [0.4, 0.5) is 0 Å². The van der Waals surface area contributed by atoms with Crippen molar-refractivity contribution >= 4 is 11.9 Å². The summed E-state index contributed by atoms with van der Waals surface area (Å²) in [5.41, 5.74) is 1.20. The Labute approximate surface area is 107 Å². The number of nitrogens with zero attached hydrogens (tertiary/aromatic N) is 1. The van der Waals surface area contributed by atoms with E-state index in [4.69, 9.17) is 5.11 Å². The second kappa shape index (κ2) is 6.79. The fourth-order valence-corrected chi connectivity index (χ4v) is 1.63. The third kappa shape index (κ3) is 4.20. The molecule has 4 nitrogen and oxygen atoms in total. The lowest BCUT2D eigenvalue weighted by Crippen LogP contribution is -2.25. The van der Waals surface area contributed by atoms with Crippen molar-refractivity contribution in [2.24, 2.45) is 0 Å². The van der Waals surface area contributed by atoms with Crippen molar-refractivity contribution in [3.63, 3.8) is 0 Å². The van der Waals surface area contributed by atoms with Crippen molar-refractivity contribution < 1.29 is 14.7 Å². The van der Waals surface area contributed by atoms with E-state index in [2.05, 4.69) is 6.92 Å². The number of carbonyl (C=O) groups is 2. The highest BCUT2D eigenvalue weighted by Gasteiger charge is 2.09. The molecule has 0 saturated carbocycles. The molecular weight excluding hydrogens is 230 g/mol. The molecule has 0 aromatic heterocycles. The van der Waals surface area contributed by atoms with Gasteiger partial charge in [0.2, 0.25) is 5.91 Å². The molecule has 1 aromatic carbocycles. The summed E-state index contributed by atoms with van der Waals surface area (Å²) in [6.07, 6.45) is 2.48. The van der Waals surface area contributed by atoms with Gasteiger partial charge in [-0.25, -0.2) is 4.79 Å². The van der Waals surface area contributed by atoms with Crippen LogP contribution >= 0.6 is 0 Å². The topological polar surface area (TPSA) is 57.6 Å². The first-order valence-corrected chi connectivity index (χ1v) is 6.10. The Balaban J connectivity index is 2.56. The van der Waals surface area contributed by atoms with Crippen LogP contribution in [0.1, 0.15) is 42.1 Å². The molecule has 0 aliphatic heterocycles. The van der Waals surface area contributed by atoms with E-state index >= 15 is 0 Å². The van der Waals surface area contributed by atoms with Gasteiger partial charge in [0.25, 0.3) is 0 Å². The largest absolute Gasteiger partial charge is 0.478 e. The van der Waals surface area contributed by atoms with Crippen molar-refractivity contribution in [3.8, 4) is 0 Å². The predicted molar refractivity (Wildman–Crippen MR) is 69.4 cm³/mol. The second-order valence-corrected chi connectivity index (χ2v) is 4.36. The predicted octanol–water partition coefficient (Wildman–Crippen LogP) is 2.53. The lowest BCUT2D eigenvalue weighted by Gasteiger charge is -2.17. The van der Waals surface area contributed by atoms with Gasteiger partial charge in [0.1, 0.15) is 0 Å². The maximum atomic E-state index is 11.7. The number of benzene rings is 1. The van der Waals surface area contributed by atoms with E-state index in [1.165, 1.54) is 0 Å². The van der Waals surface area contributed by atoms with E-state index in [-0.39, 0.29) is 11.5 Å². The molecule has 0 heterocycles. The van der Waals surface area contributed by atoms with E-state index in [1.807, 2.05) is 0 Å². The van der Waals surface area contributed by atoms with Gasteiger partial charge in [-0.1, -0.05) is 25.5 Å². The maximum absolute atomic E-state index is 11.7. The first-order chi connectivity index (χ1) is 8.54. The standard InChI is InChI=1S/C14H19NO3/c1-3-4-5-13(16)15(2)10-11-6-8-12(9-7-11)14(17)18/h6-9H,3-5,10H2,1-2H3,(H,17,18). The smallest absolute Gasteiger partial charge is 0.335 e. The molecule has 0 aliphatic carbocycles. The summed E-state index contributed by atoms with van der Waals surface area (Å²) in [5, 5.41) is 8.78. The summed E-state index contributed by atoms with van der Waals surface area (Å²) in [6, 6.07) is 6.60. The van der Waals surface area contributed by atoms with E-state index in [9.17, 15) is 9.59 Å². The average Bonchev–Trinajstić information content (AvgIpc) is 2.36. The van der Waals surface area contributed by atoms with Crippen molar-refractivity contribution in [2.75, 3.05) is 7.05 Å². The van der Waals surface area contributed by atoms with Crippen molar-refractivity contribution in [1.29, 1.82) is 0 Å². The minimum absolute atomic E-state index is 0.124. The van der Waals surface area contributed by atoms with Crippen LogP contribution in [0.2, 0.25) is 0 Å². The molecule has 1 aromatic rings. The third-order valence-corrected chi connectivity index (χ3v) is 2.79. The number of amides is 1. The number of rotatable bonds is 6. The molecular formula is C14H19NO3. The van der Waals surface area contributed by atoms with E-state index < -0.39 is 5.97 Å². The van der Waals surface area contributed by atoms with Crippen LogP contribution in [-0.4, -0.2) is 28.9 Å². The molecule has 0 bridgehead atoms. The summed E-state index contributed by atoms with van der Waals surface area (Å²) < 4.78 is 0. The van der Waals surface area contributed by atoms with Crippen LogP contribution in [0.5, 0.6) is 0 Å². The summed E-state index contributed by atoms with van der Waals surface area (Å²) in [6.45, 7) is 2.57. The van der Waals surface area contributed by atoms with Gasteiger partial charge in [-0.3, -0.25) is 4.79 Å². The van der Waals surface area contributed by atoms with Gasteiger partial charge in [0, 0.05) is 20.0 Å². The van der Waals surface area contributed by atoms with Crippen molar-refractivity contribution in [1.82, 2.24) is 4.90 Å². The van der Waals surface area contributed by atoms with Crippen LogP contribution in [0, 0.1) is 0 Å². The van der Waals surface area contributed by atoms with Crippen LogP contribution in [-0.2, 0) is 11.3 Å². The summed E-state index contributed by atoms with van der Waals surface area (Å²) in [7, 11) is 1.77. The van der Waals surface area contributed by atoms with Gasteiger partial charge in [-0.2, -0.15) is 0 Å². The lowest BCUT2D eigenvalue weighted by atomic mass is 10.1. The zero-order valence-corrected chi connectivity index (χ0v) is 10.8. The Kier molecular flexibility index (Phi) is 5.36. The number of carboxylic acid groups (broad SMARTS) is 1. The number of carbonyl (C=O) groups excluding carboxylic acids is 1. The number of carboxylic acids is 1. The molecule has 0 atom stereocenters. The number of aromatic carboxylic acids is 1. The van der Waals surface area contributed by atoms with Gasteiger partial charge in [0.05, 0.1) is 5.56 Å². The third-order valence-electron chi connectivity index (χ3n) is 2.79. The van der Waals surface area contributed by atoms with Gasteiger partial charge in [-0.15, -0.1) is 0 Å². The Morgan fingerprint density at radius 2 is 1.83 bits per heavy atom. The Morgan fingerprint density at radius 3 is 2.33 bits per heavy atom. The zero-order chi connectivity index (χ0) is 13.5. The van der Waals surface area contributed by atoms with Gasteiger partial charge < -0.3 is 10.0 Å². The molecule has 0 spiro atoms. The molecule has 98 valence electrons. The van der Waals surface area contributed by atoms with Gasteiger partial charge in [-0.05, 0) is 24.1 Å². The molecule has 4 heteroatoms. The normalized spacial score (nSPS) is 10.1. The molecule has 18 heavy (non-hydrogen) atoms. The number of hydrogen-bond donors (Lipinski definition) is 1. The van der Waals surface area contributed by atoms with E-state index in [0.717, 1.165) is 18.4 Å². The first kappa shape index (κ1) is 14.2. The average molecular weight is 249 g/mol. The number of unbranched alkanes of at least 4 members (excludes halogenated alkanes) is 1. The maximum Gasteiger partial charge on any atom is 0.335 e. The van der Waals surface area contributed by atoms with Crippen LogP contribution in [0.15, 0.2) is 24.3 Å². The monoisotopic (exact) mass is 249 g/mol. The highest BCUT2D eigenvalue weighted by Crippen LogP contribution is 2.08. The Hall–Kier alpha value is -1.84. The van der Waals surface area contributed by atoms with Gasteiger partial charge >= 0.3 is 5.97 Å². The molecule has 1 amide bonds. The highest BCUT2D eigenvalue weighted by atomic mass is 16.4. The number of hydrogen-bond acceptors (Lipinski definition) is 2. The second-order valence-electron chi connectivity index (χ2n) is 4.36. The molecule has 0 unspecified atom stereocenters. The molecule has 1 rings (SSSR count). The molecule has 0 radical (unpaired) electrons. The summed E-state index contributed by atoms with van der Waals surface area (Å²) >= 11 is 0. The minimum atomic E-state index is -0.936. The molecule has 0 aliphatic rings. The van der Waals surface area contributed by atoms with Crippen LogP contribution in [0.3, 0.4) is 0 Å². The van der Waals surface area contributed by atoms with Crippen LogP contribution in [0.25, 0.3) is 0 Å². The minimum Gasteiger partial charge on any atom is -0.478 e.